The lowest BCUT2D eigenvalue weighted by atomic mass is 9.86. The van der Waals surface area contributed by atoms with Crippen molar-refractivity contribution in [3.63, 3.8) is 0 Å². The van der Waals surface area contributed by atoms with Crippen molar-refractivity contribution in [1.82, 2.24) is 15.2 Å². The standard InChI is InChI=1S/C21H25N3O4/c1-24(14-16-5-2-4-15-6-3-13-22-20(15)16)18(26)8-11-21(12-9-19(27)28)10-7-17(25)23-21/h2-6,13H,7-12,14H2,1H3,(H,23,25)(H,27,28)/t21-/m1/s1. The number of rotatable bonds is 8. The summed E-state index contributed by atoms with van der Waals surface area (Å²) in [6.07, 6.45) is 3.72. The molecule has 28 heavy (non-hydrogen) atoms. The lowest BCUT2D eigenvalue weighted by Gasteiger charge is -2.29. The number of amides is 2. The molecule has 2 heterocycles. The number of nitrogens with one attached hydrogen (secondary N) is 1. The fourth-order valence-electron chi connectivity index (χ4n) is 3.80. The van der Waals surface area contributed by atoms with Crippen molar-refractivity contribution in [2.45, 2.75) is 50.6 Å². The highest BCUT2D eigenvalue weighted by Gasteiger charge is 2.38. The van der Waals surface area contributed by atoms with Crippen molar-refractivity contribution in [3.05, 3.63) is 42.1 Å². The SMILES string of the molecule is CN(Cc1cccc2cccnc12)C(=O)CC[C@@]1(CCC(=O)O)CCC(=O)N1. The van der Waals surface area contributed by atoms with E-state index in [1.807, 2.05) is 30.3 Å². The van der Waals surface area contributed by atoms with Crippen LogP contribution in [-0.2, 0) is 20.9 Å². The molecule has 0 radical (unpaired) electrons. The molecule has 2 amide bonds. The van der Waals surface area contributed by atoms with Crippen LogP contribution < -0.4 is 5.32 Å². The van der Waals surface area contributed by atoms with Gasteiger partial charge in [-0.1, -0.05) is 24.3 Å². The van der Waals surface area contributed by atoms with Gasteiger partial charge in [0, 0.05) is 50.0 Å². The first kappa shape index (κ1) is 19.8. The van der Waals surface area contributed by atoms with Crippen molar-refractivity contribution in [2.75, 3.05) is 7.05 Å². The van der Waals surface area contributed by atoms with Crippen LogP contribution in [0.2, 0.25) is 0 Å². The minimum absolute atomic E-state index is 0.0218. The number of benzene rings is 1. The van der Waals surface area contributed by atoms with Gasteiger partial charge in [0.2, 0.25) is 11.8 Å². The lowest BCUT2D eigenvalue weighted by Crippen LogP contribution is -2.43. The zero-order valence-corrected chi connectivity index (χ0v) is 16.0. The van der Waals surface area contributed by atoms with Crippen LogP contribution >= 0.6 is 0 Å². The quantitative estimate of drug-likeness (QED) is 0.730. The third-order valence-electron chi connectivity index (χ3n) is 5.42. The first-order chi connectivity index (χ1) is 13.4. The number of fused-ring (bicyclic) bond motifs is 1. The summed E-state index contributed by atoms with van der Waals surface area (Å²) in [6, 6.07) is 9.77. The molecule has 1 saturated heterocycles. The van der Waals surface area contributed by atoms with Crippen LogP contribution in [-0.4, -0.2) is 45.4 Å². The summed E-state index contributed by atoms with van der Waals surface area (Å²) in [5.41, 5.74) is 1.27. The van der Waals surface area contributed by atoms with Gasteiger partial charge in [0.25, 0.3) is 0 Å². The Labute approximate surface area is 163 Å². The van der Waals surface area contributed by atoms with Gasteiger partial charge in [-0.3, -0.25) is 19.4 Å². The van der Waals surface area contributed by atoms with E-state index in [0.29, 0.717) is 32.2 Å². The van der Waals surface area contributed by atoms with Crippen molar-refractivity contribution in [3.8, 4) is 0 Å². The number of carboxylic acid groups (broad SMARTS) is 1. The zero-order chi connectivity index (χ0) is 20.1. The predicted molar refractivity (Wildman–Crippen MR) is 104 cm³/mol. The second-order valence-corrected chi connectivity index (χ2v) is 7.46. The molecule has 0 bridgehead atoms. The molecule has 1 aliphatic heterocycles. The molecule has 148 valence electrons. The average molecular weight is 383 g/mol. The average Bonchev–Trinajstić information content (AvgIpc) is 3.06. The highest BCUT2D eigenvalue weighted by molar-refractivity contribution is 5.83. The van der Waals surface area contributed by atoms with E-state index in [1.165, 1.54) is 0 Å². The first-order valence-corrected chi connectivity index (χ1v) is 9.48. The Morgan fingerprint density at radius 2 is 1.96 bits per heavy atom. The normalized spacial score (nSPS) is 18.8. The molecule has 1 aromatic heterocycles. The number of hydrogen-bond donors (Lipinski definition) is 2. The summed E-state index contributed by atoms with van der Waals surface area (Å²) in [6.45, 7) is 0.446. The Kier molecular flexibility index (Phi) is 5.92. The monoisotopic (exact) mass is 383 g/mol. The molecular weight excluding hydrogens is 358 g/mol. The van der Waals surface area contributed by atoms with E-state index in [9.17, 15) is 14.4 Å². The number of carbonyl (C=O) groups excluding carboxylic acids is 2. The molecule has 0 unspecified atom stereocenters. The number of hydrogen-bond acceptors (Lipinski definition) is 4. The maximum absolute atomic E-state index is 12.7. The van der Waals surface area contributed by atoms with Crippen LogP contribution in [0.25, 0.3) is 10.9 Å². The van der Waals surface area contributed by atoms with E-state index in [4.69, 9.17) is 5.11 Å². The first-order valence-electron chi connectivity index (χ1n) is 9.48. The van der Waals surface area contributed by atoms with Crippen molar-refractivity contribution in [1.29, 1.82) is 0 Å². The minimum Gasteiger partial charge on any atom is -0.481 e. The molecule has 0 saturated carbocycles. The summed E-state index contributed by atoms with van der Waals surface area (Å²) in [4.78, 5) is 41.4. The van der Waals surface area contributed by atoms with Crippen LogP contribution in [0.3, 0.4) is 0 Å². The van der Waals surface area contributed by atoms with Gasteiger partial charge in [-0.25, -0.2) is 0 Å². The van der Waals surface area contributed by atoms with Gasteiger partial charge in [0.1, 0.15) is 0 Å². The zero-order valence-electron chi connectivity index (χ0n) is 16.0. The van der Waals surface area contributed by atoms with Gasteiger partial charge < -0.3 is 15.3 Å². The smallest absolute Gasteiger partial charge is 0.303 e. The molecule has 2 N–H and O–H groups in total. The van der Waals surface area contributed by atoms with Gasteiger partial charge in [0.05, 0.1) is 5.52 Å². The van der Waals surface area contributed by atoms with Crippen molar-refractivity contribution in [2.24, 2.45) is 0 Å². The Hall–Kier alpha value is -2.96. The van der Waals surface area contributed by atoms with E-state index in [1.54, 1.807) is 18.1 Å². The largest absolute Gasteiger partial charge is 0.481 e. The molecule has 2 aromatic rings. The molecule has 0 aliphatic carbocycles. The second kappa shape index (κ2) is 8.37. The minimum atomic E-state index is -0.896. The molecule has 0 spiro atoms. The summed E-state index contributed by atoms with van der Waals surface area (Å²) in [5.74, 6) is -1.01. The van der Waals surface area contributed by atoms with E-state index in [2.05, 4.69) is 10.3 Å². The molecule has 7 heteroatoms. The second-order valence-electron chi connectivity index (χ2n) is 7.46. The Bertz CT molecular complexity index is 893. The molecule has 3 rings (SSSR count). The molecule has 7 nitrogen and oxygen atoms in total. The number of nitrogens with zero attached hydrogens (tertiary/aromatic N) is 2. The van der Waals surface area contributed by atoms with Crippen molar-refractivity contribution >= 4 is 28.7 Å². The molecular formula is C21H25N3O4. The lowest BCUT2D eigenvalue weighted by molar-refractivity contribution is -0.137. The van der Waals surface area contributed by atoms with Crippen LogP contribution in [0.5, 0.6) is 0 Å². The van der Waals surface area contributed by atoms with Gasteiger partial charge in [-0.2, -0.15) is 0 Å². The van der Waals surface area contributed by atoms with Gasteiger partial charge >= 0.3 is 5.97 Å². The fourth-order valence-corrected chi connectivity index (χ4v) is 3.80. The van der Waals surface area contributed by atoms with Crippen molar-refractivity contribution < 1.29 is 19.5 Å². The topological polar surface area (TPSA) is 99.6 Å². The van der Waals surface area contributed by atoms with Gasteiger partial charge in [0.15, 0.2) is 0 Å². The highest BCUT2D eigenvalue weighted by Crippen LogP contribution is 2.30. The Morgan fingerprint density at radius 3 is 2.68 bits per heavy atom. The highest BCUT2D eigenvalue weighted by atomic mass is 16.4. The van der Waals surface area contributed by atoms with Crippen LogP contribution in [0.4, 0.5) is 0 Å². The summed E-state index contributed by atoms with van der Waals surface area (Å²) in [7, 11) is 1.75. The van der Waals surface area contributed by atoms with Crippen LogP contribution in [0.1, 0.15) is 44.1 Å². The maximum atomic E-state index is 12.7. The molecule has 1 atom stereocenters. The number of aromatic nitrogens is 1. The Balaban J connectivity index is 1.63. The Morgan fingerprint density at radius 1 is 1.21 bits per heavy atom. The van der Waals surface area contributed by atoms with Gasteiger partial charge in [-0.05, 0) is 30.9 Å². The van der Waals surface area contributed by atoms with Gasteiger partial charge in [-0.15, -0.1) is 0 Å². The van der Waals surface area contributed by atoms with E-state index in [-0.39, 0.29) is 24.7 Å². The number of carboxylic acids is 1. The van der Waals surface area contributed by atoms with E-state index < -0.39 is 11.5 Å². The number of aliphatic carboxylic acids is 1. The van der Waals surface area contributed by atoms with Crippen LogP contribution in [0.15, 0.2) is 36.5 Å². The third-order valence-corrected chi connectivity index (χ3v) is 5.42. The number of para-hydroxylation sites is 1. The fraction of sp³-hybridized carbons (Fsp3) is 0.429. The molecule has 1 aliphatic rings. The number of carbonyl (C=O) groups is 3. The molecule has 1 fully saturated rings. The predicted octanol–water partition coefficient (Wildman–Crippen LogP) is 2.49. The third kappa shape index (κ3) is 4.65. The summed E-state index contributed by atoms with van der Waals surface area (Å²) >= 11 is 0. The number of pyridine rings is 1. The van der Waals surface area contributed by atoms with E-state index >= 15 is 0 Å². The maximum Gasteiger partial charge on any atom is 0.303 e. The van der Waals surface area contributed by atoms with Crippen LogP contribution in [0, 0.1) is 0 Å². The summed E-state index contributed by atoms with van der Waals surface area (Å²) in [5, 5.41) is 12.9. The molecule has 1 aromatic carbocycles. The summed E-state index contributed by atoms with van der Waals surface area (Å²) < 4.78 is 0. The van der Waals surface area contributed by atoms with E-state index in [0.717, 1.165) is 16.5 Å².